The van der Waals surface area contributed by atoms with E-state index in [0.29, 0.717) is 15.7 Å². The van der Waals surface area contributed by atoms with Crippen molar-refractivity contribution in [1.82, 2.24) is 4.90 Å². The van der Waals surface area contributed by atoms with Crippen LogP contribution in [0.2, 0.25) is 10.0 Å². The van der Waals surface area contributed by atoms with Gasteiger partial charge >= 0.3 is 0 Å². The summed E-state index contributed by atoms with van der Waals surface area (Å²) in [6, 6.07) is 6.52. The number of hydrogen-bond donors (Lipinski definition) is 1. The molecular formula is C12H11Cl2N3O. The van der Waals surface area contributed by atoms with Gasteiger partial charge in [-0.05, 0) is 18.2 Å². The van der Waals surface area contributed by atoms with Crippen LogP contribution in [0.25, 0.3) is 0 Å². The lowest BCUT2D eigenvalue weighted by molar-refractivity contribution is -0.112. The summed E-state index contributed by atoms with van der Waals surface area (Å²) in [5, 5.41) is 12.2. The minimum Gasteiger partial charge on any atom is -0.382 e. The van der Waals surface area contributed by atoms with Crippen LogP contribution in [-0.2, 0) is 4.79 Å². The third kappa shape index (κ3) is 3.95. The minimum absolute atomic E-state index is 0.00832. The van der Waals surface area contributed by atoms with Crippen LogP contribution < -0.4 is 5.32 Å². The van der Waals surface area contributed by atoms with Gasteiger partial charge < -0.3 is 10.2 Å². The van der Waals surface area contributed by atoms with E-state index < -0.39 is 5.91 Å². The van der Waals surface area contributed by atoms with Gasteiger partial charge in [-0.1, -0.05) is 23.2 Å². The molecule has 0 aromatic heterocycles. The van der Waals surface area contributed by atoms with E-state index in [1.54, 1.807) is 31.1 Å². The van der Waals surface area contributed by atoms with E-state index in [1.807, 2.05) is 6.07 Å². The van der Waals surface area contributed by atoms with E-state index >= 15 is 0 Å². The molecule has 0 unspecified atom stereocenters. The van der Waals surface area contributed by atoms with Crippen LogP contribution in [0.15, 0.2) is 30.0 Å². The Morgan fingerprint density at radius 2 is 2.11 bits per heavy atom. The molecule has 1 rings (SSSR count). The monoisotopic (exact) mass is 283 g/mol. The molecule has 1 N–H and O–H groups in total. The smallest absolute Gasteiger partial charge is 0.267 e. The number of nitrogens with one attached hydrogen (secondary N) is 1. The first-order valence-electron chi connectivity index (χ1n) is 4.99. The van der Waals surface area contributed by atoms with E-state index in [9.17, 15) is 4.79 Å². The number of amides is 1. The van der Waals surface area contributed by atoms with Crippen molar-refractivity contribution in [2.45, 2.75) is 0 Å². The highest BCUT2D eigenvalue weighted by atomic mass is 35.5. The highest BCUT2D eigenvalue weighted by Crippen LogP contribution is 2.25. The quantitative estimate of drug-likeness (QED) is 0.686. The first kappa shape index (κ1) is 14.4. The zero-order valence-corrected chi connectivity index (χ0v) is 11.4. The fourth-order valence-electron chi connectivity index (χ4n) is 1.18. The molecule has 0 aliphatic heterocycles. The number of anilines is 1. The van der Waals surface area contributed by atoms with E-state index in [-0.39, 0.29) is 5.57 Å². The number of benzene rings is 1. The molecule has 0 aliphatic rings. The normalized spacial score (nSPS) is 10.7. The van der Waals surface area contributed by atoms with Gasteiger partial charge in [-0.2, -0.15) is 5.26 Å². The van der Waals surface area contributed by atoms with E-state index in [2.05, 4.69) is 5.32 Å². The molecule has 1 aromatic rings. The Morgan fingerprint density at radius 3 is 2.61 bits per heavy atom. The second-order valence-electron chi connectivity index (χ2n) is 3.70. The Labute approximate surface area is 115 Å². The molecular weight excluding hydrogens is 273 g/mol. The molecule has 18 heavy (non-hydrogen) atoms. The van der Waals surface area contributed by atoms with Gasteiger partial charge in [-0.15, -0.1) is 0 Å². The molecule has 0 radical (unpaired) electrons. The molecule has 6 heteroatoms. The number of carbonyl (C=O) groups is 1. The highest BCUT2D eigenvalue weighted by molar-refractivity contribution is 6.36. The van der Waals surface area contributed by atoms with Crippen molar-refractivity contribution in [3.63, 3.8) is 0 Å². The first-order valence-corrected chi connectivity index (χ1v) is 5.74. The van der Waals surface area contributed by atoms with E-state index in [4.69, 9.17) is 28.5 Å². The van der Waals surface area contributed by atoms with E-state index in [1.165, 1.54) is 12.3 Å². The molecule has 94 valence electrons. The van der Waals surface area contributed by atoms with Crippen LogP contribution >= 0.6 is 23.2 Å². The van der Waals surface area contributed by atoms with Crippen molar-refractivity contribution < 1.29 is 4.79 Å². The lowest BCUT2D eigenvalue weighted by Gasteiger charge is -2.09. The largest absolute Gasteiger partial charge is 0.382 e. The third-order valence-electron chi connectivity index (χ3n) is 1.93. The van der Waals surface area contributed by atoms with Crippen molar-refractivity contribution in [3.8, 4) is 6.07 Å². The molecule has 0 spiro atoms. The highest BCUT2D eigenvalue weighted by Gasteiger charge is 2.11. The average Bonchev–Trinajstić information content (AvgIpc) is 2.29. The summed E-state index contributed by atoms with van der Waals surface area (Å²) in [6.45, 7) is 0. The third-order valence-corrected chi connectivity index (χ3v) is 2.48. The number of halogens is 2. The minimum atomic E-state index is -0.518. The van der Waals surface area contributed by atoms with Crippen LogP contribution in [-0.4, -0.2) is 24.9 Å². The SMILES string of the molecule is CN(C)/C=C(/C#N)C(=O)Nc1ccc(Cl)cc1Cl. The Kier molecular flexibility index (Phi) is 5.02. The van der Waals surface area contributed by atoms with Crippen molar-refractivity contribution >= 4 is 34.8 Å². The second-order valence-corrected chi connectivity index (χ2v) is 4.54. The van der Waals surface area contributed by atoms with Crippen LogP contribution in [0.1, 0.15) is 0 Å². The molecule has 0 atom stereocenters. The predicted octanol–water partition coefficient (Wildman–Crippen LogP) is 2.90. The molecule has 4 nitrogen and oxygen atoms in total. The number of hydrogen-bond acceptors (Lipinski definition) is 3. The summed E-state index contributed by atoms with van der Waals surface area (Å²) in [7, 11) is 3.44. The van der Waals surface area contributed by atoms with Gasteiger partial charge in [0, 0.05) is 25.3 Å². The van der Waals surface area contributed by atoms with Crippen molar-refractivity contribution in [3.05, 3.63) is 40.0 Å². The summed E-state index contributed by atoms with van der Waals surface area (Å²) >= 11 is 11.7. The lowest BCUT2D eigenvalue weighted by atomic mass is 10.2. The van der Waals surface area contributed by atoms with Gasteiger partial charge in [0.25, 0.3) is 5.91 Å². The zero-order chi connectivity index (χ0) is 13.7. The first-order chi connectivity index (χ1) is 8.43. The molecule has 0 aliphatic carbocycles. The molecule has 0 heterocycles. The molecule has 0 fully saturated rings. The number of rotatable bonds is 3. The Morgan fingerprint density at radius 1 is 1.44 bits per heavy atom. The maximum absolute atomic E-state index is 11.8. The maximum Gasteiger partial charge on any atom is 0.267 e. The summed E-state index contributed by atoms with van der Waals surface area (Å²) in [4.78, 5) is 13.4. The van der Waals surface area contributed by atoms with Gasteiger partial charge in [0.15, 0.2) is 0 Å². The van der Waals surface area contributed by atoms with Gasteiger partial charge in [0.2, 0.25) is 0 Å². The van der Waals surface area contributed by atoms with Crippen molar-refractivity contribution in [2.24, 2.45) is 0 Å². The van der Waals surface area contributed by atoms with Crippen molar-refractivity contribution in [1.29, 1.82) is 5.26 Å². The second kappa shape index (κ2) is 6.29. The van der Waals surface area contributed by atoms with E-state index in [0.717, 1.165) is 0 Å². The van der Waals surface area contributed by atoms with Crippen LogP contribution in [0.5, 0.6) is 0 Å². The van der Waals surface area contributed by atoms with Gasteiger partial charge in [0.05, 0.1) is 10.7 Å². The lowest BCUT2D eigenvalue weighted by Crippen LogP contribution is -2.16. The van der Waals surface area contributed by atoms with Gasteiger partial charge in [-0.3, -0.25) is 4.79 Å². The molecule has 1 amide bonds. The average molecular weight is 284 g/mol. The summed E-state index contributed by atoms with van der Waals surface area (Å²) in [6.07, 6.45) is 1.43. The van der Waals surface area contributed by atoms with Crippen LogP contribution in [0.3, 0.4) is 0 Å². The Balaban J connectivity index is 2.91. The predicted molar refractivity (Wildman–Crippen MR) is 72.5 cm³/mol. The summed E-state index contributed by atoms with van der Waals surface area (Å²) in [5.74, 6) is -0.518. The molecule has 1 aromatic carbocycles. The fourth-order valence-corrected chi connectivity index (χ4v) is 1.63. The Bertz CT molecular complexity index is 533. The van der Waals surface area contributed by atoms with Crippen LogP contribution in [0.4, 0.5) is 5.69 Å². The van der Waals surface area contributed by atoms with Gasteiger partial charge in [-0.25, -0.2) is 0 Å². The topological polar surface area (TPSA) is 56.1 Å². The number of carbonyl (C=O) groups excluding carboxylic acids is 1. The van der Waals surface area contributed by atoms with Crippen LogP contribution in [0, 0.1) is 11.3 Å². The number of nitriles is 1. The molecule has 0 saturated carbocycles. The summed E-state index contributed by atoms with van der Waals surface area (Å²) < 4.78 is 0. The molecule has 0 saturated heterocycles. The maximum atomic E-state index is 11.8. The zero-order valence-electron chi connectivity index (χ0n) is 9.87. The fraction of sp³-hybridized carbons (Fsp3) is 0.167. The molecule has 0 bridgehead atoms. The van der Waals surface area contributed by atoms with Gasteiger partial charge in [0.1, 0.15) is 11.6 Å². The number of nitrogens with zero attached hydrogens (tertiary/aromatic N) is 2. The Hall–Kier alpha value is -1.70. The van der Waals surface area contributed by atoms with Crippen molar-refractivity contribution in [2.75, 3.05) is 19.4 Å². The standard InChI is InChI=1S/C12H11Cl2N3O/c1-17(2)7-8(6-15)12(18)16-11-4-3-9(13)5-10(11)14/h3-5,7H,1-2H3,(H,16,18)/b8-7-. The summed E-state index contributed by atoms with van der Waals surface area (Å²) in [5.41, 5.74) is 0.400.